The molecule has 0 rings (SSSR count). The summed E-state index contributed by atoms with van der Waals surface area (Å²) in [5.41, 5.74) is 0. The van der Waals surface area contributed by atoms with E-state index < -0.39 is 20.0 Å². The summed E-state index contributed by atoms with van der Waals surface area (Å²) < 4.78 is 23.1. The summed E-state index contributed by atoms with van der Waals surface area (Å²) in [4.78, 5) is 22.5. The summed E-state index contributed by atoms with van der Waals surface area (Å²) >= 11 is 0. The molecule has 0 aliphatic carbocycles. The third-order valence-electron chi connectivity index (χ3n) is 7.17. The number of quaternary nitrogens is 1. The van der Waals surface area contributed by atoms with E-state index in [2.05, 4.69) is 31.3 Å². The zero-order valence-corrected chi connectivity index (χ0v) is 28.6. The van der Waals surface area contributed by atoms with Crippen molar-refractivity contribution in [2.45, 2.75) is 142 Å². The lowest BCUT2D eigenvalue weighted by Crippen LogP contribution is -2.45. The number of likely N-dealkylation sites (N-methyl/N-ethyl adjacent to an activating group) is 1. The first-order chi connectivity index (χ1) is 20.0. The lowest BCUT2D eigenvalue weighted by molar-refractivity contribution is -0.870. The predicted octanol–water partition coefficient (Wildman–Crippen LogP) is 7.85. The Labute approximate surface area is 258 Å². The highest BCUT2D eigenvalue weighted by atomic mass is 31.2. The first-order valence-electron chi connectivity index (χ1n) is 16.7. The van der Waals surface area contributed by atoms with Crippen molar-refractivity contribution in [3.63, 3.8) is 0 Å². The predicted molar refractivity (Wildman–Crippen MR) is 175 cm³/mol. The van der Waals surface area contributed by atoms with Gasteiger partial charge in [-0.05, 0) is 32.1 Å². The fourth-order valence-corrected chi connectivity index (χ4v) is 5.14. The lowest BCUT2D eigenvalue weighted by Gasteiger charge is -2.25. The highest BCUT2D eigenvalue weighted by molar-refractivity contribution is 7.47. The zero-order chi connectivity index (χ0) is 31.5. The number of carbonyl (C=O) groups excluding carboxylic acids is 1. The molecule has 0 heterocycles. The van der Waals surface area contributed by atoms with Gasteiger partial charge in [0.15, 0.2) is 0 Å². The van der Waals surface area contributed by atoms with E-state index in [-0.39, 0.29) is 19.1 Å². The molecule has 42 heavy (non-hydrogen) atoms. The minimum Gasteiger partial charge on any atom is -0.387 e. The van der Waals surface area contributed by atoms with Gasteiger partial charge in [0.25, 0.3) is 0 Å². The Bertz CT molecular complexity index is 753. The number of phosphoric ester groups is 1. The maximum atomic E-state index is 12.4. The van der Waals surface area contributed by atoms with Crippen molar-refractivity contribution < 1.29 is 32.9 Å². The van der Waals surface area contributed by atoms with E-state index in [4.69, 9.17) is 9.05 Å². The highest BCUT2D eigenvalue weighted by Crippen LogP contribution is 2.43. The molecule has 0 aromatic carbocycles. The van der Waals surface area contributed by atoms with E-state index in [0.717, 1.165) is 38.5 Å². The fourth-order valence-electron chi connectivity index (χ4n) is 4.41. The van der Waals surface area contributed by atoms with Crippen LogP contribution in [0.2, 0.25) is 0 Å². The van der Waals surface area contributed by atoms with E-state index >= 15 is 0 Å². The van der Waals surface area contributed by atoms with Crippen molar-refractivity contribution in [1.82, 2.24) is 5.32 Å². The molecule has 0 fully saturated rings. The standard InChI is InChI=1S/C33H65N2O6P/c1-6-8-10-11-12-13-14-15-16-17-18-19-20-21-22-23-25-26-32(36)31(34-33(37)27-24-9-7-2)30-41-42(38,39)40-29-28-35(3,4)5/h20-21,25-26,31-32,36H,6-19,22-24,27-30H2,1-5H3,(H-,34,37,38,39)/p+1/b21-20+,26-25+. The fraction of sp³-hybridized carbons (Fsp3) is 0.848. The molecule has 248 valence electrons. The zero-order valence-electron chi connectivity index (χ0n) is 27.7. The summed E-state index contributed by atoms with van der Waals surface area (Å²) in [6.45, 7) is 4.58. The molecule has 0 aromatic rings. The molecule has 9 heteroatoms. The van der Waals surface area contributed by atoms with Gasteiger partial charge < -0.3 is 19.8 Å². The van der Waals surface area contributed by atoms with Crippen LogP contribution in [0.4, 0.5) is 0 Å². The number of nitrogens with zero attached hydrogens (tertiary/aromatic N) is 1. The number of unbranched alkanes of at least 4 members (excludes halogenated alkanes) is 14. The lowest BCUT2D eigenvalue weighted by atomic mass is 10.1. The second-order valence-electron chi connectivity index (χ2n) is 12.5. The number of hydrogen-bond donors (Lipinski definition) is 3. The van der Waals surface area contributed by atoms with Crippen LogP contribution in [0, 0.1) is 0 Å². The number of nitrogens with one attached hydrogen (secondary N) is 1. The van der Waals surface area contributed by atoms with Crippen LogP contribution >= 0.6 is 7.82 Å². The first-order valence-corrected chi connectivity index (χ1v) is 18.2. The van der Waals surface area contributed by atoms with E-state index in [1.807, 2.05) is 27.2 Å². The van der Waals surface area contributed by atoms with Crippen molar-refractivity contribution in [3.8, 4) is 0 Å². The van der Waals surface area contributed by atoms with Gasteiger partial charge in [0, 0.05) is 6.42 Å². The summed E-state index contributed by atoms with van der Waals surface area (Å²) in [7, 11) is 1.55. The monoisotopic (exact) mass is 617 g/mol. The summed E-state index contributed by atoms with van der Waals surface area (Å²) in [5.74, 6) is -0.214. The molecule has 0 saturated carbocycles. The second kappa shape index (κ2) is 26.4. The van der Waals surface area contributed by atoms with Crippen LogP contribution in [0.15, 0.2) is 24.3 Å². The van der Waals surface area contributed by atoms with Gasteiger partial charge in [-0.25, -0.2) is 4.57 Å². The van der Waals surface area contributed by atoms with Crippen LogP contribution in [0.25, 0.3) is 0 Å². The Morgan fingerprint density at radius 1 is 0.786 bits per heavy atom. The maximum Gasteiger partial charge on any atom is 0.472 e. The molecule has 1 amide bonds. The van der Waals surface area contributed by atoms with Gasteiger partial charge in [0.05, 0.1) is 39.9 Å². The molecule has 0 radical (unpaired) electrons. The topological polar surface area (TPSA) is 105 Å². The van der Waals surface area contributed by atoms with E-state index in [0.29, 0.717) is 17.4 Å². The SMILES string of the molecule is CCCCCCCCCCCCC/C=C/CC/C=C/C(O)C(COP(=O)(O)OCC[N+](C)(C)C)NC(=O)CCCCC. The normalized spacial score (nSPS) is 15.3. The number of hydrogen-bond acceptors (Lipinski definition) is 5. The van der Waals surface area contributed by atoms with Gasteiger partial charge in [0.1, 0.15) is 13.2 Å². The first kappa shape index (κ1) is 41.0. The molecular formula is C33H66N2O6P+. The number of phosphoric acid groups is 1. The molecule has 3 N–H and O–H groups in total. The van der Waals surface area contributed by atoms with Crippen LogP contribution in [-0.2, 0) is 18.4 Å². The molecule has 3 unspecified atom stereocenters. The van der Waals surface area contributed by atoms with Crippen molar-refractivity contribution in [2.24, 2.45) is 0 Å². The van der Waals surface area contributed by atoms with Gasteiger partial charge in [-0.1, -0.05) is 115 Å². The molecule has 0 aliphatic rings. The average molecular weight is 618 g/mol. The van der Waals surface area contributed by atoms with Crippen molar-refractivity contribution in [2.75, 3.05) is 40.9 Å². The summed E-state index contributed by atoms with van der Waals surface area (Å²) in [5, 5.41) is 13.5. The third-order valence-corrected chi connectivity index (χ3v) is 8.16. The maximum absolute atomic E-state index is 12.4. The number of rotatable bonds is 29. The molecule has 3 atom stereocenters. The highest BCUT2D eigenvalue weighted by Gasteiger charge is 2.27. The number of aliphatic hydroxyl groups excluding tert-OH is 1. The van der Waals surface area contributed by atoms with E-state index in [9.17, 15) is 19.4 Å². The molecular weight excluding hydrogens is 551 g/mol. The van der Waals surface area contributed by atoms with E-state index in [1.165, 1.54) is 70.6 Å². The quantitative estimate of drug-likeness (QED) is 0.0342. The summed E-state index contributed by atoms with van der Waals surface area (Å²) in [6, 6.07) is -0.852. The average Bonchev–Trinajstić information content (AvgIpc) is 2.92. The van der Waals surface area contributed by atoms with E-state index in [1.54, 1.807) is 6.08 Å². The Morgan fingerprint density at radius 2 is 1.31 bits per heavy atom. The van der Waals surface area contributed by atoms with Crippen molar-refractivity contribution >= 4 is 13.7 Å². The third kappa shape index (κ3) is 27.8. The number of carbonyl (C=O) groups is 1. The van der Waals surface area contributed by atoms with Crippen LogP contribution in [0.5, 0.6) is 0 Å². The van der Waals surface area contributed by atoms with Gasteiger partial charge in [-0.15, -0.1) is 0 Å². The van der Waals surface area contributed by atoms with Gasteiger partial charge in [0.2, 0.25) is 5.91 Å². The van der Waals surface area contributed by atoms with Crippen LogP contribution in [-0.4, -0.2) is 73.4 Å². The molecule has 0 aliphatic heterocycles. The smallest absolute Gasteiger partial charge is 0.387 e. The Kier molecular flexibility index (Phi) is 25.7. The molecule has 8 nitrogen and oxygen atoms in total. The van der Waals surface area contributed by atoms with Crippen molar-refractivity contribution in [3.05, 3.63) is 24.3 Å². The van der Waals surface area contributed by atoms with Gasteiger partial charge >= 0.3 is 7.82 Å². The van der Waals surface area contributed by atoms with Crippen LogP contribution in [0.1, 0.15) is 129 Å². The Morgan fingerprint density at radius 3 is 1.90 bits per heavy atom. The number of aliphatic hydroxyl groups is 1. The largest absolute Gasteiger partial charge is 0.472 e. The number of amides is 1. The molecule has 0 saturated heterocycles. The number of allylic oxidation sites excluding steroid dienone is 3. The van der Waals surface area contributed by atoms with Gasteiger partial charge in [-0.3, -0.25) is 13.8 Å². The van der Waals surface area contributed by atoms with Crippen LogP contribution < -0.4 is 5.32 Å². The minimum atomic E-state index is -4.31. The molecule has 0 spiro atoms. The molecule has 0 bridgehead atoms. The Hall–Kier alpha value is -1.02. The van der Waals surface area contributed by atoms with Crippen molar-refractivity contribution in [1.29, 1.82) is 0 Å². The summed E-state index contributed by atoms with van der Waals surface area (Å²) in [6.07, 6.45) is 27.5. The van der Waals surface area contributed by atoms with Crippen LogP contribution in [0.3, 0.4) is 0 Å². The Balaban J connectivity index is 4.39. The molecule has 0 aromatic heterocycles. The van der Waals surface area contributed by atoms with Gasteiger partial charge in [-0.2, -0.15) is 0 Å². The second-order valence-corrected chi connectivity index (χ2v) is 14.0. The minimum absolute atomic E-state index is 0.0561.